The van der Waals surface area contributed by atoms with Crippen molar-refractivity contribution >= 4 is 16.8 Å². The molecule has 1 saturated heterocycles. The van der Waals surface area contributed by atoms with Gasteiger partial charge in [-0.3, -0.25) is 4.90 Å². The van der Waals surface area contributed by atoms with Crippen LogP contribution in [0.2, 0.25) is 0 Å². The molecule has 0 bridgehead atoms. The maximum Gasteiger partial charge on any atom is 0.315 e. The van der Waals surface area contributed by atoms with Crippen molar-refractivity contribution in [3.63, 3.8) is 0 Å². The average Bonchev–Trinajstić information content (AvgIpc) is 2.72. The van der Waals surface area contributed by atoms with Gasteiger partial charge in [0.05, 0.1) is 20.3 Å². The van der Waals surface area contributed by atoms with E-state index >= 15 is 0 Å². The second-order valence-corrected chi connectivity index (χ2v) is 7.57. The van der Waals surface area contributed by atoms with E-state index in [0.717, 1.165) is 48.4 Å². The lowest BCUT2D eigenvalue weighted by atomic mass is 10.0. The minimum atomic E-state index is -0.131. The first kappa shape index (κ1) is 20.4. The van der Waals surface area contributed by atoms with Gasteiger partial charge in [0.2, 0.25) is 0 Å². The lowest BCUT2D eigenvalue weighted by Crippen LogP contribution is -2.52. The van der Waals surface area contributed by atoms with Gasteiger partial charge in [-0.2, -0.15) is 0 Å². The summed E-state index contributed by atoms with van der Waals surface area (Å²) >= 11 is 0. The number of carbonyl (C=O) groups is 1. The number of urea groups is 1. The Morgan fingerprint density at radius 3 is 2.54 bits per heavy atom. The van der Waals surface area contributed by atoms with E-state index in [4.69, 9.17) is 9.47 Å². The van der Waals surface area contributed by atoms with Gasteiger partial charge >= 0.3 is 6.03 Å². The number of ether oxygens (including phenoxy) is 2. The molecule has 2 aromatic carbocycles. The highest BCUT2D eigenvalue weighted by atomic mass is 16.5. The van der Waals surface area contributed by atoms with Gasteiger partial charge in [0.25, 0.3) is 0 Å². The third-order valence-electron chi connectivity index (χ3n) is 5.32. The smallest absolute Gasteiger partial charge is 0.315 e. The summed E-state index contributed by atoms with van der Waals surface area (Å²) in [5.74, 6) is 1.31. The number of morpholine rings is 1. The number of carbonyl (C=O) groups excluding carboxylic acids is 1. The van der Waals surface area contributed by atoms with Crippen molar-refractivity contribution in [2.75, 3.05) is 40.0 Å². The van der Waals surface area contributed by atoms with E-state index in [9.17, 15) is 4.79 Å². The molecule has 2 aromatic rings. The van der Waals surface area contributed by atoms with Crippen molar-refractivity contribution in [2.24, 2.45) is 5.92 Å². The van der Waals surface area contributed by atoms with Crippen LogP contribution in [0.1, 0.15) is 19.4 Å². The zero-order valence-electron chi connectivity index (χ0n) is 17.0. The SMILES string of the molecule is COc1ccc2cc(CNC(=O)NC[C@H](C(C)C)N3CCOCC3)ccc2c1. The van der Waals surface area contributed by atoms with E-state index in [1.54, 1.807) is 7.11 Å². The zero-order valence-corrected chi connectivity index (χ0v) is 17.0. The Labute approximate surface area is 167 Å². The lowest BCUT2D eigenvalue weighted by molar-refractivity contribution is 0.00719. The summed E-state index contributed by atoms with van der Waals surface area (Å²) < 4.78 is 10.7. The minimum absolute atomic E-state index is 0.131. The Balaban J connectivity index is 1.51. The fourth-order valence-corrected chi connectivity index (χ4v) is 3.65. The van der Waals surface area contributed by atoms with Gasteiger partial charge in [0.15, 0.2) is 0 Å². The third-order valence-corrected chi connectivity index (χ3v) is 5.32. The van der Waals surface area contributed by atoms with Crippen LogP contribution in [-0.2, 0) is 11.3 Å². The van der Waals surface area contributed by atoms with Crippen LogP contribution in [0.4, 0.5) is 4.79 Å². The number of hydrogen-bond acceptors (Lipinski definition) is 4. The Hall–Kier alpha value is -2.31. The number of fused-ring (bicyclic) bond motifs is 1. The molecule has 0 unspecified atom stereocenters. The molecule has 3 rings (SSSR count). The van der Waals surface area contributed by atoms with Crippen molar-refractivity contribution < 1.29 is 14.3 Å². The predicted molar refractivity (Wildman–Crippen MR) is 112 cm³/mol. The molecule has 2 amide bonds. The van der Waals surface area contributed by atoms with Crippen LogP contribution < -0.4 is 15.4 Å². The molecule has 28 heavy (non-hydrogen) atoms. The first-order valence-corrected chi connectivity index (χ1v) is 9.97. The third kappa shape index (κ3) is 5.36. The normalized spacial score (nSPS) is 16.1. The number of methoxy groups -OCH3 is 1. The second kappa shape index (κ2) is 9.75. The molecular weight excluding hydrogens is 354 g/mol. The van der Waals surface area contributed by atoms with Gasteiger partial charge < -0.3 is 20.1 Å². The van der Waals surface area contributed by atoms with Crippen molar-refractivity contribution in [3.8, 4) is 5.75 Å². The van der Waals surface area contributed by atoms with E-state index < -0.39 is 0 Å². The highest BCUT2D eigenvalue weighted by molar-refractivity contribution is 5.84. The molecule has 2 N–H and O–H groups in total. The summed E-state index contributed by atoms with van der Waals surface area (Å²) in [6.45, 7) is 8.92. The monoisotopic (exact) mass is 385 g/mol. The van der Waals surface area contributed by atoms with Gasteiger partial charge in [-0.05, 0) is 40.5 Å². The van der Waals surface area contributed by atoms with Crippen LogP contribution >= 0.6 is 0 Å². The van der Waals surface area contributed by atoms with Crippen LogP contribution in [0.5, 0.6) is 5.75 Å². The molecule has 1 atom stereocenters. The molecule has 0 aliphatic carbocycles. The van der Waals surface area contributed by atoms with Gasteiger partial charge in [0.1, 0.15) is 5.75 Å². The minimum Gasteiger partial charge on any atom is -0.497 e. The quantitative estimate of drug-likeness (QED) is 0.769. The van der Waals surface area contributed by atoms with Gasteiger partial charge in [0, 0.05) is 32.2 Å². The standard InChI is InChI=1S/C22H31N3O3/c1-16(2)21(25-8-10-28-11-9-25)15-24-22(26)23-14-17-4-5-19-13-20(27-3)7-6-18(19)12-17/h4-7,12-13,16,21H,8-11,14-15H2,1-3H3,(H2,23,24,26)/t21-/m1/s1. The first-order valence-electron chi connectivity index (χ1n) is 9.97. The number of nitrogens with one attached hydrogen (secondary N) is 2. The Morgan fingerprint density at radius 2 is 1.82 bits per heavy atom. The van der Waals surface area contributed by atoms with Crippen LogP contribution in [0.25, 0.3) is 10.8 Å². The molecule has 0 aromatic heterocycles. The van der Waals surface area contributed by atoms with Crippen molar-refractivity contribution in [1.29, 1.82) is 0 Å². The number of amides is 2. The molecule has 1 heterocycles. The van der Waals surface area contributed by atoms with Crippen LogP contribution in [0, 0.1) is 5.92 Å². The van der Waals surface area contributed by atoms with Gasteiger partial charge in [-0.15, -0.1) is 0 Å². The highest BCUT2D eigenvalue weighted by Gasteiger charge is 2.24. The molecule has 0 spiro atoms. The average molecular weight is 386 g/mol. The summed E-state index contributed by atoms with van der Waals surface area (Å²) in [6.07, 6.45) is 0. The summed E-state index contributed by atoms with van der Waals surface area (Å²) in [4.78, 5) is 14.7. The van der Waals surface area contributed by atoms with E-state index in [1.165, 1.54) is 0 Å². The second-order valence-electron chi connectivity index (χ2n) is 7.57. The van der Waals surface area contributed by atoms with Crippen molar-refractivity contribution in [2.45, 2.75) is 26.4 Å². The van der Waals surface area contributed by atoms with Crippen LogP contribution in [-0.4, -0.2) is 56.9 Å². The molecule has 1 aliphatic heterocycles. The first-order chi connectivity index (χ1) is 13.6. The van der Waals surface area contributed by atoms with Crippen LogP contribution in [0.15, 0.2) is 36.4 Å². The van der Waals surface area contributed by atoms with E-state index in [1.807, 2.05) is 24.3 Å². The predicted octanol–water partition coefficient (Wildman–Crippen LogP) is 3.00. The Kier molecular flexibility index (Phi) is 7.12. The molecule has 1 aliphatic rings. The Morgan fingerprint density at radius 1 is 1.11 bits per heavy atom. The Bertz CT molecular complexity index is 788. The zero-order chi connectivity index (χ0) is 19.9. The lowest BCUT2D eigenvalue weighted by Gasteiger charge is -2.36. The van der Waals surface area contributed by atoms with Crippen molar-refractivity contribution in [1.82, 2.24) is 15.5 Å². The van der Waals surface area contributed by atoms with Crippen LogP contribution in [0.3, 0.4) is 0 Å². The number of hydrogen-bond donors (Lipinski definition) is 2. The van der Waals surface area contributed by atoms with Gasteiger partial charge in [-0.1, -0.05) is 32.0 Å². The summed E-state index contributed by atoms with van der Waals surface area (Å²) in [6, 6.07) is 12.4. The van der Waals surface area contributed by atoms with E-state index in [2.05, 4.69) is 41.5 Å². The number of benzene rings is 2. The summed E-state index contributed by atoms with van der Waals surface area (Å²) in [7, 11) is 1.67. The van der Waals surface area contributed by atoms with E-state index in [0.29, 0.717) is 25.0 Å². The molecule has 0 saturated carbocycles. The summed E-state index contributed by atoms with van der Waals surface area (Å²) in [5, 5.41) is 8.26. The fourth-order valence-electron chi connectivity index (χ4n) is 3.65. The number of nitrogens with zero attached hydrogens (tertiary/aromatic N) is 1. The molecule has 6 heteroatoms. The largest absolute Gasteiger partial charge is 0.497 e. The molecule has 152 valence electrons. The molecule has 6 nitrogen and oxygen atoms in total. The maximum atomic E-state index is 12.3. The van der Waals surface area contributed by atoms with Gasteiger partial charge in [-0.25, -0.2) is 4.79 Å². The molecule has 0 radical (unpaired) electrons. The number of rotatable bonds is 7. The fraction of sp³-hybridized carbons (Fsp3) is 0.500. The molecular formula is C22H31N3O3. The van der Waals surface area contributed by atoms with Crippen molar-refractivity contribution in [3.05, 3.63) is 42.0 Å². The summed E-state index contributed by atoms with van der Waals surface area (Å²) in [5.41, 5.74) is 1.07. The van der Waals surface area contributed by atoms with E-state index in [-0.39, 0.29) is 6.03 Å². The maximum absolute atomic E-state index is 12.3. The highest BCUT2D eigenvalue weighted by Crippen LogP contribution is 2.21. The molecule has 1 fully saturated rings. The topological polar surface area (TPSA) is 62.8 Å².